The van der Waals surface area contributed by atoms with Gasteiger partial charge in [-0.1, -0.05) is 0 Å². The number of nitrogens with zero attached hydrogens (tertiary/aromatic N) is 3. The molecule has 9 heteroatoms. The average Bonchev–Trinajstić information content (AvgIpc) is 3.20. The number of nitriles is 1. The van der Waals surface area contributed by atoms with E-state index in [0.29, 0.717) is 16.6 Å². The number of esters is 2. The van der Waals surface area contributed by atoms with Crippen molar-refractivity contribution in [3.05, 3.63) is 41.3 Å². The van der Waals surface area contributed by atoms with Gasteiger partial charge in [0.15, 0.2) is 11.4 Å². The highest BCUT2D eigenvalue weighted by atomic mass is 16.5. The fraction of sp³-hybridized carbons (Fsp3) is 0.125. The monoisotopic (exact) mass is 339 g/mol. The maximum atomic E-state index is 12.1. The number of benzene rings is 1. The van der Waals surface area contributed by atoms with Crippen LogP contribution in [0.1, 0.15) is 26.5 Å². The normalized spacial score (nSPS) is 10.4. The topological polar surface area (TPSA) is 136 Å². The molecule has 0 aliphatic heterocycles. The molecule has 2 heterocycles. The second-order valence-corrected chi connectivity index (χ2v) is 5.07. The predicted octanol–water partition coefficient (Wildman–Crippen LogP) is 1.38. The van der Waals surface area contributed by atoms with Gasteiger partial charge in [-0.05, 0) is 18.2 Å². The molecular formula is C16H13N5O4. The minimum absolute atomic E-state index is 0.0230. The highest BCUT2D eigenvalue weighted by molar-refractivity contribution is 6.02. The van der Waals surface area contributed by atoms with Crippen molar-refractivity contribution in [2.45, 2.75) is 0 Å². The van der Waals surface area contributed by atoms with Crippen LogP contribution < -0.4 is 5.73 Å². The van der Waals surface area contributed by atoms with Crippen LogP contribution in [0, 0.1) is 11.3 Å². The Labute approximate surface area is 141 Å². The number of anilines is 1. The summed E-state index contributed by atoms with van der Waals surface area (Å²) in [6.45, 7) is 0. The summed E-state index contributed by atoms with van der Waals surface area (Å²) in [5.41, 5.74) is 7.31. The second kappa shape index (κ2) is 6.01. The van der Waals surface area contributed by atoms with Crippen molar-refractivity contribution in [1.82, 2.24) is 14.8 Å². The van der Waals surface area contributed by atoms with E-state index in [4.69, 9.17) is 15.2 Å². The van der Waals surface area contributed by atoms with Gasteiger partial charge in [0.1, 0.15) is 6.07 Å². The summed E-state index contributed by atoms with van der Waals surface area (Å²) < 4.78 is 10.9. The lowest BCUT2D eigenvalue weighted by atomic mass is 10.2. The average molecular weight is 339 g/mol. The first-order valence-electron chi connectivity index (χ1n) is 7.07. The van der Waals surface area contributed by atoms with Crippen LogP contribution in [0.3, 0.4) is 0 Å². The van der Waals surface area contributed by atoms with E-state index in [1.54, 1.807) is 18.2 Å². The molecule has 3 N–H and O–H groups in total. The van der Waals surface area contributed by atoms with Gasteiger partial charge in [-0.3, -0.25) is 5.10 Å². The van der Waals surface area contributed by atoms with Gasteiger partial charge in [0.05, 0.1) is 31.0 Å². The number of hydrogen-bond donors (Lipinski definition) is 2. The number of carbonyl (C=O) groups is 2. The van der Waals surface area contributed by atoms with Crippen molar-refractivity contribution in [1.29, 1.82) is 5.26 Å². The molecule has 0 spiro atoms. The summed E-state index contributed by atoms with van der Waals surface area (Å²) in [5.74, 6) is -1.28. The molecule has 0 fully saturated rings. The third-order valence-electron chi connectivity index (χ3n) is 3.75. The number of nitrogens with one attached hydrogen (secondary N) is 1. The molecule has 2 aromatic heterocycles. The van der Waals surface area contributed by atoms with E-state index in [0.717, 1.165) is 0 Å². The van der Waals surface area contributed by atoms with E-state index in [2.05, 4.69) is 10.2 Å². The second-order valence-electron chi connectivity index (χ2n) is 5.07. The predicted molar refractivity (Wildman–Crippen MR) is 87.2 cm³/mol. The lowest BCUT2D eigenvalue weighted by molar-refractivity contribution is 0.0585. The largest absolute Gasteiger partial charge is 0.464 e. The lowest BCUT2D eigenvalue weighted by Gasteiger charge is -2.08. The molecule has 0 unspecified atom stereocenters. The van der Waals surface area contributed by atoms with Crippen LogP contribution in [-0.4, -0.2) is 40.9 Å². The van der Waals surface area contributed by atoms with E-state index < -0.39 is 11.9 Å². The molecule has 0 amide bonds. The quantitative estimate of drug-likeness (QED) is 0.688. The Morgan fingerprint density at radius 3 is 2.64 bits per heavy atom. The molecule has 0 saturated heterocycles. The Balaban J connectivity index is 2.25. The standard InChI is InChI=1S/C16H13N5O4/c1-24-15(22)13-10-5-9(3-4-11(10)19-20-13)21-7-8(6-17)12(18)14(21)16(23)25-2/h3-5,7H,18H2,1-2H3,(H,19,20). The Kier molecular flexibility index (Phi) is 3.86. The van der Waals surface area contributed by atoms with Gasteiger partial charge in [0.25, 0.3) is 0 Å². The van der Waals surface area contributed by atoms with Crippen molar-refractivity contribution in [2.75, 3.05) is 20.0 Å². The van der Waals surface area contributed by atoms with E-state index in [1.165, 1.54) is 25.0 Å². The Hall–Kier alpha value is -3.80. The van der Waals surface area contributed by atoms with Crippen LogP contribution in [-0.2, 0) is 9.47 Å². The molecule has 0 atom stereocenters. The minimum atomic E-state index is -0.681. The minimum Gasteiger partial charge on any atom is -0.464 e. The van der Waals surface area contributed by atoms with Crippen LogP contribution in [0.4, 0.5) is 5.69 Å². The van der Waals surface area contributed by atoms with Gasteiger partial charge in [0.2, 0.25) is 0 Å². The van der Waals surface area contributed by atoms with E-state index in [9.17, 15) is 14.9 Å². The number of fused-ring (bicyclic) bond motifs is 1. The highest BCUT2D eigenvalue weighted by Gasteiger charge is 2.22. The van der Waals surface area contributed by atoms with Crippen LogP contribution in [0.15, 0.2) is 24.4 Å². The Morgan fingerprint density at radius 1 is 1.28 bits per heavy atom. The van der Waals surface area contributed by atoms with Gasteiger partial charge in [-0.15, -0.1) is 0 Å². The van der Waals surface area contributed by atoms with Crippen LogP contribution in [0.25, 0.3) is 16.6 Å². The Morgan fingerprint density at radius 2 is 2.00 bits per heavy atom. The van der Waals surface area contributed by atoms with Crippen molar-refractivity contribution in [3.8, 4) is 11.8 Å². The molecule has 1 aromatic carbocycles. The molecule has 3 rings (SSSR count). The number of H-pyrrole nitrogens is 1. The third kappa shape index (κ3) is 2.46. The van der Waals surface area contributed by atoms with Gasteiger partial charge in [-0.25, -0.2) is 9.59 Å². The van der Waals surface area contributed by atoms with Crippen molar-refractivity contribution in [2.24, 2.45) is 0 Å². The summed E-state index contributed by atoms with van der Waals surface area (Å²) >= 11 is 0. The number of ether oxygens (including phenoxy) is 2. The number of aromatic nitrogens is 3. The van der Waals surface area contributed by atoms with E-state index in [-0.39, 0.29) is 22.6 Å². The number of aromatic amines is 1. The molecule has 0 aliphatic carbocycles. The molecule has 3 aromatic rings. The number of nitrogen functional groups attached to an aromatic ring is 1. The first kappa shape index (κ1) is 16.1. The summed E-state index contributed by atoms with van der Waals surface area (Å²) in [5, 5.41) is 16.3. The van der Waals surface area contributed by atoms with E-state index >= 15 is 0 Å². The number of hydrogen-bond acceptors (Lipinski definition) is 7. The zero-order valence-electron chi connectivity index (χ0n) is 13.4. The highest BCUT2D eigenvalue weighted by Crippen LogP contribution is 2.27. The Bertz CT molecular complexity index is 1040. The zero-order chi connectivity index (χ0) is 18.1. The number of carbonyl (C=O) groups excluding carboxylic acids is 2. The number of methoxy groups -OCH3 is 2. The fourth-order valence-corrected chi connectivity index (χ4v) is 2.52. The first-order valence-corrected chi connectivity index (χ1v) is 7.07. The smallest absolute Gasteiger partial charge is 0.359 e. The van der Waals surface area contributed by atoms with Gasteiger partial charge < -0.3 is 19.8 Å². The van der Waals surface area contributed by atoms with Crippen LogP contribution in [0.2, 0.25) is 0 Å². The summed E-state index contributed by atoms with van der Waals surface area (Å²) in [7, 11) is 2.48. The maximum absolute atomic E-state index is 12.1. The van der Waals surface area contributed by atoms with Crippen LogP contribution in [0.5, 0.6) is 0 Å². The van der Waals surface area contributed by atoms with Crippen molar-refractivity contribution < 1.29 is 19.1 Å². The molecule has 126 valence electrons. The molecule has 25 heavy (non-hydrogen) atoms. The van der Waals surface area contributed by atoms with Crippen LogP contribution >= 0.6 is 0 Å². The van der Waals surface area contributed by atoms with Crippen molar-refractivity contribution in [3.63, 3.8) is 0 Å². The summed E-state index contributed by atoms with van der Waals surface area (Å²) in [6.07, 6.45) is 1.43. The fourth-order valence-electron chi connectivity index (χ4n) is 2.52. The summed E-state index contributed by atoms with van der Waals surface area (Å²) in [4.78, 5) is 23.9. The molecule has 0 saturated carbocycles. The number of rotatable bonds is 3. The lowest BCUT2D eigenvalue weighted by Crippen LogP contribution is -2.11. The van der Waals surface area contributed by atoms with Gasteiger partial charge in [-0.2, -0.15) is 10.4 Å². The number of nitrogens with two attached hydrogens (primary N) is 1. The zero-order valence-corrected chi connectivity index (χ0v) is 13.4. The van der Waals surface area contributed by atoms with Gasteiger partial charge >= 0.3 is 11.9 Å². The van der Waals surface area contributed by atoms with Gasteiger partial charge in [0, 0.05) is 17.3 Å². The third-order valence-corrected chi connectivity index (χ3v) is 3.75. The molecular weight excluding hydrogens is 326 g/mol. The summed E-state index contributed by atoms with van der Waals surface area (Å²) in [6, 6.07) is 6.94. The first-order chi connectivity index (χ1) is 12.0. The molecule has 9 nitrogen and oxygen atoms in total. The SMILES string of the molecule is COC(=O)c1n[nH]c2ccc(-n3cc(C#N)c(N)c3C(=O)OC)cc12. The molecule has 0 radical (unpaired) electrons. The van der Waals surface area contributed by atoms with Crippen molar-refractivity contribution >= 4 is 28.5 Å². The maximum Gasteiger partial charge on any atom is 0.359 e. The molecule has 0 bridgehead atoms. The van der Waals surface area contributed by atoms with E-state index in [1.807, 2.05) is 6.07 Å². The molecule has 0 aliphatic rings.